The zero-order valence-electron chi connectivity index (χ0n) is 16.9. The summed E-state index contributed by atoms with van der Waals surface area (Å²) in [4.78, 5) is 41.6. The molecule has 3 amide bonds. The third-order valence-corrected chi connectivity index (χ3v) is 5.90. The standard InChI is InChI=1S/C24H24N2O4/c1-3-6-19-17(15-26-23(28)20-7-4-5-8-21(20)24(26)29)14-25(22(19)27)13-16-9-11-18(30-2)12-10-16/h3-5,7-12,17,19H,1,6,13-15H2,2H3. The Kier molecular flexibility index (Phi) is 5.40. The van der Waals surface area contributed by atoms with Crippen molar-refractivity contribution in [1.29, 1.82) is 0 Å². The number of benzene rings is 2. The maximum atomic E-state index is 13.1. The first-order chi connectivity index (χ1) is 14.5. The average molecular weight is 404 g/mol. The van der Waals surface area contributed by atoms with Gasteiger partial charge in [-0.15, -0.1) is 6.58 Å². The van der Waals surface area contributed by atoms with E-state index in [1.165, 1.54) is 4.90 Å². The fourth-order valence-corrected chi connectivity index (χ4v) is 4.33. The van der Waals surface area contributed by atoms with Crippen LogP contribution in [0.15, 0.2) is 61.2 Å². The van der Waals surface area contributed by atoms with Gasteiger partial charge in [0.05, 0.1) is 18.2 Å². The summed E-state index contributed by atoms with van der Waals surface area (Å²) in [6.07, 6.45) is 2.25. The van der Waals surface area contributed by atoms with Crippen molar-refractivity contribution in [3.05, 3.63) is 77.9 Å². The molecule has 1 saturated heterocycles. The lowest BCUT2D eigenvalue weighted by Gasteiger charge is -2.21. The summed E-state index contributed by atoms with van der Waals surface area (Å²) in [7, 11) is 1.61. The summed E-state index contributed by atoms with van der Waals surface area (Å²) < 4.78 is 5.19. The lowest BCUT2D eigenvalue weighted by molar-refractivity contribution is -0.131. The Hall–Kier alpha value is -3.41. The van der Waals surface area contributed by atoms with E-state index in [0.717, 1.165) is 11.3 Å². The lowest BCUT2D eigenvalue weighted by Crippen LogP contribution is -2.37. The van der Waals surface area contributed by atoms with Crippen molar-refractivity contribution < 1.29 is 19.1 Å². The van der Waals surface area contributed by atoms with E-state index in [0.29, 0.717) is 30.6 Å². The van der Waals surface area contributed by atoms with Crippen LogP contribution in [-0.2, 0) is 11.3 Å². The van der Waals surface area contributed by atoms with E-state index >= 15 is 0 Å². The smallest absolute Gasteiger partial charge is 0.261 e. The highest BCUT2D eigenvalue weighted by molar-refractivity contribution is 6.21. The third kappa shape index (κ3) is 3.49. The van der Waals surface area contributed by atoms with Gasteiger partial charge in [-0.2, -0.15) is 0 Å². The second-order valence-electron chi connectivity index (χ2n) is 7.72. The molecule has 6 heteroatoms. The minimum absolute atomic E-state index is 0.0346. The highest BCUT2D eigenvalue weighted by Gasteiger charge is 2.44. The molecule has 2 heterocycles. The van der Waals surface area contributed by atoms with Gasteiger partial charge in [0, 0.05) is 31.5 Å². The van der Waals surface area contributed by atoms with Gasteiger partial charge < -0.3 is 9.64 Å². The second-order valence-corrected chi connectivity index (χ2v) is 7.72. The minimum atomic E-state index is -0.287. The highest BCUT2D eigenvalue weighted by atomic mass is 16.5. The number of amides is 3. The zero-order valence-corrected chi connectivity index (χ0v) is 16.9. The predicted octanol–water partition coefficient (Wildman–Crippen LogP) is 3.14. The van der Waals surface area contributed by atoms with Gasteiger partial charge in [0.1, 0.15) is 5.75 Å². The molecule has 0 radical (unpaired) electrons. The maximum absolute atomic E-state index is 13.1. The fraction of sp³-hybridized carbons (Fsp3) is 0.292. The molecule has 2 atom stereocenters. The molecule has 2 aromatic rings. The zero-order chi connectivity index (χ0) is 21.3. The summed E-state index contributed by atoms with van der Waals surface area (Å²) in [5, 5.41) is 0. The molecule has 1 fully saturated rings. The Morgan fingerprint density at radius 2 is 1.67 bits per heavy atom. The Labute approximate surface area is 175 Å². The molecule has 0 aliphatic carbocycles. The predicted molar refractivity (Wildman–Crippen MR) is 112 cm³/mol. The topological polar surface area (TPSA) is 66.9 Å². The maximum Gasteiger partial charge on any atom is 0.261 e. The van der Waals surface area contributed by atoms with E-state index in [1.54, 1.807) is 42.4 Å². The van der Waals surface area contributed by atoms with Crippen molar-refractivity contribution in [2.24, 2.45) is 11.8 Å². The molecule has 0 saturated carbocycles. The molecular weight excluding hydrogens is 380 g/mol. The van der Waals surface area contributed by atoms with Crippen LogP contribution < -0.4 is 4.74 Å². The number of rotatable bonds is 7. The molecule has 154 valence electrons. The quantitative estimate of drug-likeness (QED) is 0.525. The second kappa shape index (κ2) is 8.14. The van der Waals surface area contributed by atoms with Gasteiger partial charge in [-0.25, -0.2) is 0 Å². The highest BCUT2D eigenvalue weighted by Crippen LogP contribution is 2.32. The average Bonchev–Trinajstić information content (AvgIpc) is 3.18. The number of imide groups is 1. The van der Waals surface area contributed by atoms with Crippen LogP contribution in [0.4, 0.5) is 0 Å². The van der Waals surface area contributed by atoms with Crippen molar-refractivity contribution in [1.82, 2.24) is 9.80 Å². The van der Waals surface area contributed by atoms with Crippen molar-refractivity contribution in [3.63, 3.8) is 0 Å². The molecule has 2 unspecified atom stereocenters. The van der Waals surface area contributed by atoms with Gasteiger partial charge in [0.25, 0.3) is 11.8 Å². The molecule has 2 aliphatic rings. The van der Waals surface area contributed by atoms with Crippen LogP contribution in [0.5, 0.6) is 5.75 Å². The number of carbonyl (C=O) groups is 3. The number of hydrogen-bond acceptors (Lipinski definition) is 4. The normalized spacial score (nSPS) is 20.6. The Bertz CT molecular complexity index is 964. The molecule has 6 nitrogen and oxygen atoms in total. The first kappa shape index (κ1) is 19.9. The van der Waals surface area contributed by atoms with Gasteiger partial charge in [-0.05, 0) is 36.2 Å². The van der Waals surface area contributed by atoms with Crippen LogP contribution in [0.3, 0.4) is 0 Å². The molecule has 0 spiro atoms. The number of hydrogen-bond donors (Lipinski definition) is 0. The lowest BCUT2D eigenvalue weighted by atomic mass is 9.92. The SMILES string of the molecule is C=CCC1C(=O)N(Cc2ccc(OC)cc2)CC1CN1C(=O)c2ccccc2C1=O. The van der Waals surface area contributed by atoms with Crippen molar-refractivity contribution >= 4 is 17.7 Å². The molecule has 30 heavy (non-hydrogen) atoms. The Balaban J connectivity index is 1.51. The largest absolute Gasteiger partial charge is 0.497 e. The Morgan fingerprint density at radius 3 is 2.23 bits per heavy atom. The molecule has 0 bridgehead atoms. The number of carbonyl (C=O) groups excluding carboxylic acids is 3. The first-order valence-corrected chi connectivity index (χ1v) is 10.0. The van der Waals surface area contributed by atoms with Crippen molar-refractivity contribution in [3.8, 4) is 5.75 Å². The molecular formula is C24H24N2O4. The van der Waals surface area contributed by atoms with E-state index in [1.807, 2.05) is 24.3 Å². The Morgan fingerprint density at radius 1 is 1.03 bits per heavy atom. The van der Waals surface area contributed by atoms with Gasteiger partial charge >= 0.3 is 0 Å². The van der Waals surface area contributed by atoms with Gasteiger partial charge in [0.2, 0.25) is 5.91 Å². The van der Waals surface area contributed by atoms with Gasteiger partial charge in [-0.3, -0.25) is 19.3 Å². The van der Waals surface area contributed by atoms with Crippen LogP contribution in [-0.4, -0.2) is 47.7 Å². The van der Waals surface area contributed by atoms with Gasteiger partial charge in [-0.1, -0.05) is 30.3 Å². The van der Waals surface area contributed by atoms with E-state index < -0.39 is 0 Å². The molecule has 2 aliphatic heterocycles. The van der Waals surface area contributed by atoms with Crippen LogP contribution >= 0.6 is 0 Å². The first-order valence-electron chi connectivity index (χ1n) is 10.0. The summed E-state index contributed by atoms with van der Waals surface area (Å²) in [6.45, 7) is 4.99. The summed E-state index contributed by atoms with van der Waals surface area (Å²) in [5.74, 6) is -0.184. The van der Waals surface area contributed by atoms with E-state index in [2.05, 4.69) is 6.58 Å². The van der Waals surface area contributed by atoms with Crippen LogP contribution in [0.25, 0.3) is 0 Å². The summed E-state index contributed by atoms with van der Waals surface area (Å²) in [6, 6.07) is 14.5. The van der Waals surface area contributed by atoms with Crippen molar-refractivity contribution in [2.45, 2.75) is 13.0 Å². The fourth-order valence-electron chi connectivity index (χ4n) is 4.33. The number of allylic oxidation sites excluding steroid dienone is 1. The summed E-state index contributed by atoms with van der Waals surface area (Å²) >= 11 is 0. The van der Waals surface area contributed by atoms with Crippen LogP contribution in [0.2, 0.25) is 0 Å². The molecule has 2 aromatic carbocycles. The minimum Gasteiger partial charge on any atom is -0.497 e. The van der Waals surface area contributed by atoms with E-state index in [9.17, 15) is 14.4 Å². The molecule has 4 rings (SSSR count). The number of likely N-dealkylation sites (tertiary alicyclic amines) is 1. The van der Waals surface area contributed by atoms with E-state index in [4.69, 9.17) is 4.74 Å². The van der Waals surface area contributed by atoms with Crippen molar-refractivity contribution in [2.75, 3.05) is 20.2 Å². The van der Waals surface area contributed by atoms with Crippen LogP contribution in [0.1, 0.15) is 32.7 Å². The molecule has 0 aromatic heterocycles. The third-order valence-electron chi connectivity index (χ3n) is 5.90. The number of fused-ring (bicyclic) bond motifs is 1. The number of nitrogens with zero attached hydrogens (tertiary/aromatic N) is 2. The van der Waals surface area contributed by atoms with E-state index in [-0.39, 0.29) is 36.1 Å². The summed E-state index contributed by atoms with van der Waals surface area (Å²) in [5.41, 5.74) is 1.87. The number of ether oxygens (including phenoxy) is 1. The molecule has 0 N–H and O–H groups in total. The number of methoxy groups -OCH3 is 1. The monoisotopic (exact) mass is 404 g/mol. The van der Waals surface area contributed by atoms with Gasteiger partial charge in [0.15, 0.2) is 0 Å². The van der Waals surface area contributed by atoms with Crippen LogP contribution in [0, 0.1) is 11.8 Å².